The molecule has 3 atom stereocenters. The first-order valence-electron chi connectivity index (χ1n) is 7.57. The van der Waals surface area contributed by atoms with Gasteiger partial charge >= 0.3 is 0 Å². The van der Waals surface area contributed by atoms with Crippen LogP contribution in [0.1, 0.15) is 61.6 Å². The van der Waals surface area contributed by atoms with Gasteiger partial charge in [-0.25, -0.2) is 0 Å². The number of rotatable bonds is 4. The monoisotopic (exact) mass is 278 g/mol. The third kappa shape index (κ3) is 3.00. The standard InChI is InChI=1S/C14H22N4O2/c1-9-4-5-10(7-9)8-16-13(19)12-17-14(20-18-12)11-3-2-6-15-11/h9-11,15H,2-8H2,1H3,(H,16,19). The quantitative estimate of drug-likeness (QED) is 0.875. The molecule has 2 fully saturated rings. The maximum atomic E-state index is 12.0. The topological polar surface area (TPSA) is 80.0 Å². The highest BCUT2D eigenvalue weighted by Crippen LogP contribution is 2.29. The lowest BCUT2D eigenvalue weighted by Gasteiger charge is -2.09. The molecule has 110 valence electrons. The minimum absolute atomic E-state index is 0.111. The SMILES string of the molecule is CC1CCC(CNC(=O)c2noc(C3CCCN3)n2)C1. The number of carbonyl (C=O) groups is 1. The second-order valence-corrected chi connectivity index (χ2v) is 6.10. The summed E-state index contributed by atoms with van der Waals surface area (Å²) in [7, 11) is 0. The zero-order valence-electron chi connectivity index (χ0n) is 11.9. The molecule has 3 rings (SSSR count). The van der Waals surface area contributed by atoms with Gasteiger partial charge in [0.2, 0.25) is 5.89 Å². The van der Waals surface area contributed by atoms with Crippen LogP contribution in [0.15, 0.2) is 4.52 Å². The molecule has 1 saturated heterocycles. The first kappa shape index (κ1) is 13.5. The summed E-state index contributed by atoms with van der Waals surface area (Å²) in [5.74, 6) is 1.83. The minimum atomic E-state index is -0.224. The molecule has 3 unspecified atom stereocenters. The summed E-state index contributed by atoms with van der Waals surface area (Å²) < 4.78 is 5.17. The van der Waals surface area contributed by atoms with Gasteiger partial charge in [0.15, 0.2) is 0 Å². The van der Waals surface area contributed by atoms with E-state index in [-0.39, 0.29) is 17.8 Å². The number of amides is 1. The number of hydrogen-bond acceptors (Lipinski definition) is 5. The average molecular weight is 278 g/mol. The molecule has 0 radical (unpaired) electrons. The number of hydrogen-bond donors (Lipinski definition) is 2. The van der Waals surface area contributed by atoms with E-state index in [9.17, 15) is 4.79 Å². The first-order chi connectivity index (χ1) is 9.72. The van der Waals surface area contributed by atoms with Gasteiger partial charge in [0.05, 0.1) is 6.04 Å². The van der Waals surface area contributed by atoms with E-state index in [1.165, 1.54) is 19.3 Å². The van der Waals surface area contributed by atoms with Gasteiger partial charge in [-0.3, -0.25) is 4.79 Å². The molecule has 1 aliphatic heterocycles. The van der Waals surface area contributed by atoms with Crippen molar-refractivity contribution in [3.8, 4) is 0 Å². The smallest absolute Gasteiger partial charge is 0.292 e. The normalized spacial score (nSPS) is 29.8. The van der Waals surface area contributed by atoms with Gasteiger partial charge in [0.1, 0.15) is 0 Å². The lowest BCUT2D eigenvalue weighted by molar-refractivity contribution is 0.0933. The molecule has 2 aliphatic rings. The van der Waals surface area contributed by atoms with Crippen LogP contribution in [0, 0.1) is 11.8 Å². The summed E-state index contributed by atoms with van der Waals surface area (Å²) in [5.41, 5.74) is 0. The minimum Gasteiger partial charge on any atom is -0.349 e. The highest BCUT2D eigenvalue weighted by Gasteiger charge is 2.25. The zero-order valence-corrected chi connectivity index (χ0v) is 11.9. The molecular weight excluding hydrogens is 256 g/mol. The molecule has 1 aliphatic carbocycles. The molecule has 2 heterocycles. The Labute approximate surface area is 118 Å². The Morgan fingerprint density at radius 2 is 2.35 bits per heavy atom. The fraction of sp³-hybridized carbons (Fsp3) is 0.786. The van der Waals surface area contributed by atoms with Gasteiger partial charge in [-0.1, -0.05) is 18.5 Å². The van der Waals surface area contributed by atoms with E-state index in [1.807, 2.05) is 0 Å². The average Bonchev–Trinajstić information content (AvgIpc) is 3.16. The van der Waals surface area contributed by atoms with E-state index in [1.54, 1.807) is 0 Å². The van der Waals surface area contributed by atoms with E-state index in [0.717, 1.165) is 25.3 Å². The lowest BCUT2D eigenvalue weighted by atomic mass is 10.1. The third-order valence-corrected chi connectivity index (χ3v) is 4.36. The molecule has 2 N–H and O–H groups in total. The summed E-state index contributed by atoms with van der Waals surface area (Å²) >= 11 is 0. The summed E-state index contributed by atoms with van der Waals surface area (Å²) in [6.45, 7) is 3.95. The number of carbonyl (C=O) groups excluding carboxylic acids is 1. The Hall–Kier alpha value is -1.43. The van der Waals surface area contributed by atoms with Crippen molar-refractivity contribution in [1.82, 2.24) is 20.8 Å². The Balaban J connectivity index is 1.52. The van der Waals surface area contributed by atoms with Crippen LogP contribution in [0.3, 0.4) is 0 Å². The number of nitrogens with zero attached hydrogens (tertiary/aromatic N) is 2. The maximum absolute atomic E-state index is 12.0. The van der Waals surface area contributed by atoms with Gasteiger partial charge in [0.25, 0.3) is 11.7 Å². The molecule has 0 bridgehead atoms. The summed E-state index contributed by atoms with van der Waals surface area (Å²) in [5, 5.41) is 9.98. The van der Waals surface area contributed by atoms with Gasteiger partial charge in [-0.2, -0.15) is 4.98 Å². The third-order valence-electron chi connectivity index (χ3n) is 4.36. The second kappa shape index (κ2) is 5.91. The van der Waals surface area contributed by atoms with Gasteiger partial charge in [-0.05, 0) is 44.1 Å². The number of aromatic nitrogens is 2. The molecule has 1 aromatic rings. The largest absolute Gasteiger partial charge is 0.349 e. The predicted octanol–water partition coefficient (Wildman–Crippen LogP) is 1.66. The van der Waals surface area contributed by atoms with Crippen LogP contribution in [-0.4, -0.2) is 29.1 Å². The fourth-order valence-electron chi connectivity index (χ4n) is 3.19. The van der Waals surface area contributed by atoms with Crippen LogP contribution in [-0.2, 0) is 0 Å². The summed E-state index contributed by atoms with van der Waals surface area (Å²) in [6, 6.07) is 0.111. The highest BCUT2D eigenvalue weighted by molar-refractivity contribution is 5.90. The molecule has 1 aromatic heterocycles. The van der Waals surface area contributed by atoms with E-state index < -0.39 is 0 Å². The molecule has 1 saturated carbocycles. The maximum Gasteiger partial charge on any atom is 0.292 e. The first-order valence-corrected chi connectivity index (χ1v) is 7.57. The molecule has 20 heavy (non-hydrogen) atoms. The zero-order chi connectivity index (χ0) is 13.9. The van der Waals surface area contributed by atoms with Crippen LogP contribution < -0.4 is 10.6 Å². The van der Waals surface area contributed by atoms with Crippen molar-refractivity contribution in [2.45, 2.75) is 45.1 Å². The van der Waals surface area contributed by atoms with Crippen LogP contribution in [0.25, 0.3) is 0 Å². The molecular formula is C14H22N4O2. The Bertz CT molecular complexity index is 467. The fourth-order valence-corrected chi connectivity index (χ4v) is 3.19. The molecule has 6 nitrogen and oxygen atoms in total. The predicted molar refractivity (Wildman–Crippen MR) is 73.1 cm³/mol. The molecule has 0 spiro atoms. The summed E-state index contributed by atoms with van der Waals surface area (Å²) in [4.78, 5) is 16.2. The second-order valence-electron chi connectivity index (χ2n) is 6.10. The van der Waals surface area contributed by atoms with E-state index in [4.69, 9.17) is 4.52 Å². The van der Waals surface area contributed by atoms with Crippen molar-refractivity contribution in [3.63, 3.8) is 0 Å². The van der Waals surface area contributed by atoms with Gasteiger partial charge in [0, 0.05) is 6.54 Å². The Kier molecular flexibility index (Phi) is 4.00. The van der Waals surface area contributed by atoms with Crippen LogP contribution in [0.5, 0.6) is 0 Å². The van der Waals surface area contributed by atoms with E-state index >= 15 is 0 Å². The van der Waals surface area contributed by atoms with E-state index in [2.05, 4.69) is 27.7 Å². The van der Waals surface area contributed by atoms with Crippen molar-refractivity contribution in [1.29, 1.82) is 0 Å². The molecule has 6 heteroatoms. The highest BCUT2D eigenvalue weighted by atomic mass is 16.5. The number of nitrogens with one attached hydrogen (secondary N) is 2. The Morgan fingerprint density at radius 3 is 3.05 bits per heavy atom. The van der Waals surface area contributed by atoms with Gasteiger partial charge in [-0.15, -0.1) is 0 Å². The van der Waals surface area contributed by atoms with Crippen molar-refractivity contribution in [3.05, 3.63) is 11.7 Å². The van der Waals surface area contributed by atoms with Crippen LogP contribution >= 0.6 is 0 Å². The Morgan fingerprint density at radius 1 is 1.45 bits per heavy atom. The van der Waals surface area contributed by atoms with Crippen molar-refractivity contribution >= 4 is 5.91 Å². The van der Waals surface area contributed by atoms with Crippen molar-refractivity contribution in [2.24, 2.45) is 11.8 Å². The van der Waals surface area contributed by atoms with Crippen molar-refractivity contribution < 1.29 is 9.32 Å². The molecule has 0 aromatic carbocycles. The van der Waals surface area contributed by atoms with Gasteiger partial charge < -0.3 is 15.2 Å². The summed E-state index contributed by atoms with van der Waals surface area (Å²) in [6.07, 6.45) is 5.76. The van der Waals surface area contributed by atoms with Crippen molar-refractivity contribution in [2.75, 3.05) is 13.1 Å². The van der Waals surface area contributed by atoms with Crippen LogP contribution in [0.4, 0.5) is 0 Å². The van der Waals surface area contributed by atoms with Crippen LogP contribution in [0.2, 0.25) is 0 Å². The molecule has 1 amide bonds. The van der Waals surface area contributed by atoms with E-state index in [0.29, 0.717) is 18.4 Å². The lowest BCUT2D eigenvalue weighted by Crippen LogP contribution is -2.29.